The van der Waals surface area contributed by atoms with E-state index in [0.29, 0.717) is 0 Å². The molecule has 1 radical (unpaired) electrons. The van der Waals surface area contributed by atoms with Gasteiger partial charge in [0.25, 0.3) is 0 Å². The van der Waals surface area contributed by atoms with Gasteiger partial charge in [-0.3, -0.25) is 0 Å². The first-order valence-electron chi connectivity index (χ1n) is 0.500. The minimum atomic E-state index is 0. The van der Waals surface area contributed by atoms with E-state index in [4.69, 9.17) is 0 Å². The van der Waals surface area contributed by atoms with Gasteiger partial charge in [0.2, 0.25) is 0 Å². The maximum absolute atomic E-state index is 3.00. The van der Waals surface area contributed by atoms with Gasteiger partial charge >= 0.3 is 0 Å². The molecule has 0 aromatic carbocycles. The van der Waals surface area contributed by atoms with Crippen molar-refractivity contribution in [3.63, 3.8) is 0 Å². The fourth-order valence-electron chi connectivity index (χ4n) is 0. The van der Waals surface area contributed by atoms with Crippen molar-refractivity contribution in [3.8, 4) is 0 Å². The van der Waals surface area contributed by atoms with E-state index in [2.05, 4.69) is 13.2 Å². The number of rotatable bonds is 0. The minimum absolute atomic E-state index is 0. The van der Waals surface area contributed by atoms with Crippen molar-refractivity contribution < 1.29 is 22.4 Å². The van der Waals surface area contributed by atoms with E-state index < -0.39 is 0 Å². The zero-order chi connectivity index (χ0) is 2.00. The molecule has 6 N–H and O–H groups in total. The van der Waals surface area contributed by atoms with Gasteiger partial charge in [0, 0.05) is 22.4 Å². The molecule has 3 heteroatoms. The van der Waals surface area contributed by atoms with Gasteiger partial charge in [-0.25, -0.2) is 0 Å². The van der Waals surface area contributed by atoms with Crippen molar-refractivity contribution >= 4 is 0 Å². The fraction of sp³-hybridized carbons (Fsp3) is 0. The topological polar surface area (TPSA) is 70.0 Å². The third-order valence-electron chi connectivity index (χ3n) is 0. The Bertz CT molecular complexity index is 7.61. The molecule has 0 aromatic rings. The van der Waals surface area contributed by atoms with Crippen molar-refractivity contribution in [2.24, 2.45) is 0 Å². The Balaban J connectivity index is -0.00000000167. The predicted octanol–water partition coefficient (Wildman–Crippen LogP) is 1.12. The van der Waals surface area contributed by atoms with Crippen LogP contribution in [-0.4, -0.2) is 0 Å². The Kier molecular flexibility index (Phi) is 3390. The molecule has 0 bridgehead atoms. The second-order valence-corrected chi connectivity index (χ2v) is 0. The van der Waals surface area contributed by atoms with Gasteiger partial charge in [-0.2, -0.15) is 0 Å². The van der Waals surface area contributed by atoms with E-state index in [9.17, 15) is 0 Å². The molecule has 0 rings (SSSR count). The Morgan fingerprint density at radius 2 is 0.800 bits per heavy atom. The van der Waals surface area contributed by atoms with Crippen LogP contribution in [0.3, 0.4) is 0 Å². The van der Waals surface area contributed by atoms with Crippen LogP contribution in [0.15, 0.2) is 13.2 Å². The van der Waals surface area contributed by atoms with Crippen LogP contribution in [-0.2, 0) is 22.4 Å². The van der Waals surface area contributed by atoms with Crippen LogP contribution in [0.4, 0.5) is 0 Å². The first kappa shape index (κ1) is 53.3. The SMILES string of the molecule is C=C.N.N.[Au]. The quantitative estimate of drug-likeness (QED) is 0.505. The Labute approximate surface area is 48.3 Å². The third kappa shape index (κ3) is 158. The molecule has 0 unspecified atom stereocenters. The first-order valence-corrected chi connectivity index (χ1v) is 0.500. The summed E-state index contributed by atoms with van der Waals surface area (Å²) in [4.78, 5) is 0. The fourth-order valence-corrected chi connectivity index (χ4v) is 0. The normalized spacial score (nSPS) is 0.800. The second kappa shape index (κ2) is 318. The van der Waals surface area contributed by atoms with Gasteiger partial charge < -0.3 is 12.3 Å². The molecular weight excluding hydrogens is 249 g/mol. The van der Waals surface area contributed by atoms with Crippen molar-refractivity contribution in [2.75, 3.05) is 0 Å². The van der Waals surface area contributed by atoms with E-state index in [-0.39, 0.29) is 34.7 Å². The third-order valence-corrected chi connectivity index (χ3v) is 0. The molecule has 2 nitrogen and oxygen atoms in total. The van der Waals surface area contributed by atoms with Crippen LogP contribution in [0.5, 0.6) is 0 Å². The van der Waals surface area contributed by atoms with E-state index in [0.717, 1.165) is 0 Å². The zero-order valence-electron chi connectivity index (χ0n) is 3.13. The average molecular weight is 259 g/mol. The standard InChI is InChI=1S/C2H4.Au.2H3N/c1-2;;;/h1-2H2;;2*1H3. The molecule has 5 heavy (non-hydrogen) atoms. The van der Waals surface area contributed by atoms with Crippen LogP contribution >= 0.6 is 0 Å². The molecule has 39 valence electrons. The molecule has 0 saturated heterocycles. The summed E-state index contributed by atoms with van der Waals surface area (Å²) in [5.41, 5.74) is 0. The van der Waals surface area contributed by atoms with Gasteiger partial charge in [0.05, 0.1) is 0 Å². The van der Waals surface area contributed by atoms with Crippen LogP contribution in [0, 0.1) is 0 Å². The summed E-state index contributed by atoms with van der Waals surface area (Å²) in [6.07, 6.45) is 0. The Morgan fingerprint density at radius 1 is 0.800 bits per heavy atom. The number of hydrogen-bond acceptors (Lipinski definition) is 2. The van der Waals surface area contributed by atoms with Gasteiger partial charge in [-0.15, -0.1) is 13.2 Å². The van der Waals surface area contributed by atoms with E-state index in [1.165, 1.54) is 0 Å². The summed E-state index contributed by atoms with van der Waals surface area (Å²) in [6, 6.07) is 0. The molecule has 0 aromatic heterocycles. The largest absolute Gasteiger partial charge is 0.344 e. The summed E-state index contributed by atoms with van der Waals surface area (Å²) in [5, 5.41) is 0. The molecule has 0 aliphatic carbocycles. The Morgan fingerprint density at radius 3 is 0.800 bits per heavy atom. The van der Waals surface area contributed by atoms with Crippen LogP contribution in [0.25, 0.3) is 0 Å². The van der Waals surface area contributed by atoms with Gasteiger partial charge in [-0.05, 0) is 0 Å². The number of hydrogen-bond donors (Lipinski definition) is 2. The molecule has 0 heterocycles. The van der Waals surface area contributed by atoms with Crippen molar-refractivity contribution in [2.45, 2.75) is 0 Å². The summed E-state index contributed by atoms with van der Waals surface area (Å²) in [7, 11) is 0. The molecule has 0 atom stereocenters. The molecule has 0 saturated carbocycles. The van der Waals surface area contributed by atoms with Crippen molar-refractivity contribution in [1.29, 1.82) is 0 Å². The molecule has 0 aliphatic rings. The van der Waals surface area contributed by atoms with Crippen molar-refractivity contribution in [1.82, 2.24) is 12.3 Å². The molecule has 0 spiro atoms. The summed E-state index contributed by atoms with van der Waals surface area (Å²) in [5.74, 6) is 0. The van der Waals surface area contributed by atoms with E-state index in [1.54, 1.807) is 0 Å². The summed E-state index contributed by atoms with van der Waals surface area (Å²) in [6.45, 7) is 6.00. The van der Waals surface area contributed by atoms with Gasteiger partial charge in [0.1, 0.15) is 0 Å². The van der Waals surface area contributed by atoms with Crippen molar-refractivity contribution in [3.05, 3.63) is 13.2 Å². The minimum Gasteiger partial charge on any atom is -0.344 e. The Hall–Kier alpha value is 0.400. The summed E-state index contributed by atoms with van der Waals surface area (Å²) < 4.78 is 0. The maximum Gasteiger partial charge on any atom is 0 e. The van der Waals surface area contributed by atoms with Crippen LogP contribution in [0.2, 0.25) is 0 Å². The predicted molar refractivity (Wildman–Crippen MR) is 21.3 cm³/mol. The smallest absolute Gasteiger partial charge is 0 e. The average Bonchev–Trinajstić information content (AvgIpc) is 1.00. The van der Waals surface area contributed by atoms with Gasteiger partial charge in [0.15, 0.2) is 0 Å². The zero-order valence-corrected chi connectivity index (χ0v) is 5.30. The van der Waals surface area contributed by atoms with Crippen LogP contribution in [0.1, 0.15) is 0 Å². The van der Waals surface area contributed by atoms with E-state index in [1.807, 2.05) is 0 Å². The first-order chi connectivity index (χ1) is 1.00. The molecule has 0 amide bonds. The second-order valence-electron chi connectivity index (χ2n) is 0. The summed E-state index contributed by atoms with van der Waals surface area (Å²) >= 11 is 0. The van der Waals surface area contributed by atoms with Crippen LogP contribution < -0.4 is 12.3 Å². The maximum atomic E-state index is 3.00. The molecule has 0 fully saturated rings. The van der Waals surface area contributed by atoms with Gasteiger partial charge in [-0.1, -0.05) is 0 Å². The monoisotopic (exact) mass is 259 g/mol. The molecular formula is C2H10AuN2. The van der Waals surface area contributed by atoms with E-state index >= 15 is 0 Å². The molecule has 0 aliphatic heterocycles.